The van der Waals surface area contributed by atoms with Crippen molar-refractivity contribution in [3.05, 3.63) is 35.9 Å². The van der Waals surface area contributed by atoms with Crippen LogP contribution in [0.4, 0.5) is 0 Å². The third-order valence-corrected chi connectivity index (χ3v) is 3.48. The highest BCUT2D eigenvalue weighted by Crippen LogP contribution is 2.28. The van der Waals surface area contributed by atoms with Crippen LogP contribution in [0, 0.1) is 5.92 Å². The fourth-order valence-electron chi connectivity index (χ4n) is 2.01. The lowest BCUT2D eigenvalue weighted by molar-refractivity contribution is 0.122. The molecule has 1 saturated carbocycles. The molecule has 1 aromatic rings. The number of hydrogen-bond donors (Lipinski definition) is 1. The average Bonchev–Trinajstić information content (AvgIpc) is 3.30. The summed E-state index contributed by atoms with van der Waals surface area (Å²) in [5.41, 5.74) is 1.23. The Morgan fingerprint density at radius 3 is 2.64 bits per heavy atom. The molecule has 0 saturated heterocycles. The second-order valence-corrected chi connectivity index (χ2v) is 5.82. The molecule has 124 valence electrons. The van der Waals surface area contributed by atoms with Gasteiger partial charge in [-0.15, -0.1) is 24.0 Å². The zero-order valence-electron chi connectivity index (χ0n) is 13.6. The zero-order chi connectivity index (χ0) is 14.9. The molecule has 1 aliphatic carbocycles. The molecule has 0 radical (unpaired) electrons. The molecule has 5 heteroatoms. The van der Waals surface area contributed by atoms with Crippen molar-refractivity contribution in [2.45, 2.75) is 25.8 Å². The van der Waals surface area contributed by atoms with Gasteiger partial charge < -0.3 is 15.0 Å². The highest BCUT2D eigenvalue weighted by molar-refractivity contribution is 14.0. The third kappa shape index (κ3) is 7.98. The summed E-state index contributed by atoms with van der Waals surface area (Å²) in [6, 6.07) is 10.3. The molecule has 0 atom stereocenters. The molecular formula is C17H28IN3O. The van der Waals surface area contributed by atoms with Crippen LogP contribution in [0.2, 0.25) is 0 Å². The number of nitrogens with one attached hydrogen (secondary N) is 1. The van der Waals surface area contributed by atoms with Crippen LogP contribution in [0.5, 0.6) is 0 Å². The van der Waals surface area contributed by atoms with Crippen molar-refractivity contribution < 1.29 is 4.74 Å². The maximum atomic E-state index is 5.64. The standard InChI is InChI=1S/C17H27N3O.HI/c1-20(2)17(19-13-15-7-4-3-5-8-15)18-11-6-12-21-14-16-9-10-16;/h3-5,7-8,16H,6,9-14H2,1-2H3,(H,18,19);1H. The number of guanidine groups is 1. The average molecular weight is 417 g/mol. The van der Waals surface area contributed by atoms with Crippen molar-refractivity contribution in [2.24, 2.45) is 10.9 Å². The van der Waals surface area contributed by atoms with Crippen LogP contribution in [-0.4, -0.2) is 44.7 Å². The van der Waals surface area contributed by atoms with Gasteiger partial charge in [-0.3, -0.25) is 0 Å². The Morgan fingerprint density at radius 2 is 2.00 bits per heavy atom. The van der Waals surface area contributed by atoms with E-state index >= 15 is 0 Å². The van der Waals surface area contributed by atoms with E-state index in [1.165, 1.54) is 18.4 Å². The van der Waals surface area contributed by atoms with Gasteiger partial charge in [0.25, 0.3) is 0 Å². The van der Waals surface area contributed by atoms with Crippen LogP contribution in [0.3, 0.4) is 0 Å². The maximum Gasteiger partial charge on any atom is 0.193 e. The number of ether oxygens (including phenoxy) is 1. The van der Waals surface area contributed by atoms with Crippen LogP contribution in [-0.2, 0) is 11.3 Å². The summed E-state index contributed by atoms with van der Waals surface area (Å²) in [6.07, 6.45) is 3.73. The Bertz CT molecular complexity index is 433. The Kier molecular flexibility index (Phi) is 9.47. The first-order valence-electron chi connectivity index (χ1n) is 7.83. The van der Waals surface area contributed by atoms with E-state index < -0.39 is 0 Å². The molecule has 0 amide bonds. The van der Waals surface area contributed by atoms with E-state index in [9.17, 15) is 0 Å². The number of benzene rings is 1. The molecule has 0 spiro atoms. The normalized spacial score (nSPS) is 14.4. The van der Waals surface area contributed by atoms with Crippen molar-refractivity contribution in [2.75, 3.05) is 33.9 Å². The lowest BCUT2D eigenvalue weighted by Crippen LogP contribution is -2.37. The summed E-state index contributed by atoms with van der Waals surface area (Å²) in [5, 5.41) is 3.39. The quantitative estimate of drug-likeness (QED) is 0.306. The zero-order valence-corrected chi connectivity index (χ0v) is 16.0. The fourth-order valence-corrected chi connectivity index (χ4v) is 2.01. The summed E-state index contributed by atoms with van der Waals surface area (Å²) in [4.78, 5) is 6.66. The first kappa shape index (κ1) is 19.2. The number of aliphatic imine (C=N–C) groups is 1. The number of halogens is 1. The van der Waals surface area contributed by atoms with E-state index in [1.54, 1.807) is 0 Å². The van der Waals surface area contributed by atoms with Crippen molar-refractivity contribution in [3.63, 3.8) is 0 Å². The van der Waals surface area contributed by atoms with Gasteiger partial charge in [-0.05, 0) is 30.7 Å². The molecule has 1 N–H and O–H groups in total. The van der Waals surface area contributed by atoms with Crippen molar-refractivity contribution in [3.8, 4) is 0 Å². The molecule has 0 unspecified atom stereocenters. The first-order valence-corrected chi connectivity index (χ1v) is 7.83. The minimum Gasteiger partial charge on any atom is -0.381 e. The Labute approximate surface area is 151 Å². The molecule has 0 aromatic heterocycles. The van der Waals surface area contributed by atoms with Crippen LogP contribution in [0.15, 0.2) is 35.3 Å². The first-order chi connectivity index (χ1) is 10.3. The molecule has 4 nitrogen and oxygen atoms in total. The molecule has 2 rings (SSSR count). The molecule has 1 aliphatic rings. The molecule has 1 aromatic carbocycles. The molecule has 0 bridgehead atoms. The third-order valence-electron chi connectivity index (χ3n) is 3.48. The minimum atomic E-state index is 0. The number of nitrogens with zero attached hydrogens (tertiary/aromatic N) is 2. The van der Waals surface area contributed by atoms with Gasteiger partial charge in [0.15, 0.2) is 5.96 Å². The second kappa shape index (κ2) is 10.8. The molecule has 0 aliphatic heterocycles. The van der Waals surface area contributed by atoms with Gasteiger partial charge >= 0.3 is 0 Å². The molecule has 1 fully saturated rings. The van der Waals surface area contributed by atoms with Gasteiger partial charge in [0.2, 0.25) is 0 Å². The van der Waals surface area contributed by atoms with Crippen LogP contribution < -0.4 is 5.32 Å². The van der Waals surface area contributed by atoms with E-state index in [2.05, 4.69) is 22.4 Å². The molecular weight excluding hydrogens is 389 g/mol. The SMILES string of the molecule is CN(C)C(=NCc1ccccc1)NCCCOCC1CC1.I. The Morgan fingerprint density at radius 1 is 1.27 bits per heavy atom. The van der Waals surface area contributed by atoms with Crippen LogP contribution in [0.25, 0.3) is 0 Å². The van der Waals surface area contributed by atoms with Crippen molar-refractivity contribution in [1.82, 2.24) is 10.2 Å². The largest absolute Gasteiger partial charge is 0.381 e. The van der Waals surface area contributed by atoms with Crippen molar-refractivity contribution >= 4 is 29.9 Å². The summed E-state index contributed by atoms with van der Waals surface area (Å²) in [6.45, 7) is 3.39. The molecule has 22 heavy (non-hydrogen) atoms. The van der Waals surface area contributed by atoms with Gasteiger partial charge in [-0.25, -0.2) is 4.99 Å². The van der Waals surface area contributed by atoms with Crippen LogP contribution >= 0.6 is 24.0 Å². The van der Waals surface area contributed by atoms with Gasteiger partial charge in [0, 0.05) is 33.9 Å². The monoisotopic (exact) mass is 417 g/mol. The summed E-state index contributed by atoms with van der Waals surface area (Å²) < 4.78 is 5.64. The Hall–Kier alpha value is -0.820. The van der Waals surface area contributed by atoms with E-state index in [4.69, 9.17) is 4.74 Å². The Balaban J connectivity index is 0.00000242. The van der Waals surface area contributed by atoms with Gasteiger partial charge in [0.05, 0.1) is 6.54 Å². The molecule has 0 heterocycles. The predicted molar refractivity (Wildman–Crippen MR) is 103 cm³/mol. The highest BCUT2D eigenvalue weighted by Gasteiger charge is 2.20. The number of rotatable bonds is 8. The van der Waals surface area contributed by atoms with E-state index in [0.717, 1.165) is 38.1 Å². The van der Waals surface area contributed by atoms with Crippen LogP contribution in [0.1, 0.15) is 24.8 Å². The predicted octanol–water partition coefficient (Wildman–Crippen LogP) is 3.13. The fraction of sp³-hybridized carbons (Fsp3) is 0.588. The summed E-state index contributed by atoms with van der Waals surface area (Å²) in [5.74, 6) is 1.78. The topological polar surface area (TPSA) is 36.9 Å². The summed E-state index contributed by atoms with van der Waals surface area (Å²) in [7, 11) is 4.03. The van der Waals surface area contributed by atoms with E-state index in [-0.39, 0.29) is 24.0 Å². The van der Waals surface area contributed by atoms with Gasteiger partial charge in [-0.1, -0.05) is 30.3 Å². The summed E-state index contributed by atoms with van der Waals surface area (Å²) >= 11 is 0. The lowest BCUT2D eigenvalue weighted by atomic mass is 10.2. The highest BCUT2D eigenvalue weighted by atomic mass is 127. The smallest absolute Gasteiger partial charge is 0.193 e. The second-order valence-electron chi connectivity index (χ2n) is 5.82. The van der Waals surface area contributed by atoms with Crippen molar-refractivity contribution in [1.29, 1.82) is 0 Å². The van der Waals surface area contributed by atoms with Gasteiger partial charge in [-0.2, -0.15) is 0 Å². The minimum absolute atomic E-state index is 0. The van der Waals surface area contributed by atoms with Gasteiger partial charge in [0.1, 0.15) is 0 Å². The number of hydrogen-bond acceptors (Lipinski definition) is 2. The maximum absolute atomic E-state index is 5.64. The van der Waals surface area contributed by atoms with E-state index in [0.29, 0.717) is 6.54 Å². The lowest BCUT2D eigenvalue weighted by Gasteiger charge is -2.17. The van der Waals surface area contributed by atoms with E-state index in [1.807, 2.05) is 37.2 Å².